The number of carboxylic acid groups (broad SMARTS) is 1. The van der Waals surface area contributed by atoms with E-state index in [2.05, 4.69) is 15.3 Å². The van der Waals surface area contributed by atoms with E-state index in [1.54, 1.807) is 11.8 Å². The molecular formula is C24H22N4O4. The fourth-order valence-electron chi connectivity index (χ4n) is 4.41. The summed E-state index contributed by atoms with van der Waals surface area (Å²) in [5.74, 6) is -0.221. The van der Waals surface area contributed by atoms with Crippen molar-refractivity contribution in [2.75, 3.05) is 16.8 Å². The van der Waals surface area contributed by atoms with E-state index in [1.807, 2.05) is 54.6 Å². The van der Waals surface area contributed by atoms with Crippen LogP contribution in [0.2, 0.25) is 0 Å². The minimum Gasteiger partial charge on any atom is -0.480 e. The van der Waals surface area contributed by atoms with Crippen LogP contribution in [0.3, 0.4) is 0 Å². The van der Waals surface area contributed by atoms with Gasteiger partial charge < -0.3 is 19.7 Å². The Morgan fingerprint density at radius 1 is 1.12 bits per heavy atom. The van der Waals surface area contributed by atoms with Crippen LogP contribution in [0.4, 0.5) is 11.5 Å². The van der Waals surface area contributed by atoms with Crippen molar-refractivity contribution < 1.29 is 19.1 Å². The Balaban J connectivity index is 1.45. The molecule has 8 heteroatoms. The lowest BCUT2D eigenvalue weighted by molar-refractivity contribution is -0.138. The third-order valence-electron chi connectivity index (χ3n) is 5.79. The third kappa shape index (κ3) is 3.64. The van der Waals surface area contributed by atoms with Gasteiger partial charge in [0.1, 0.15) is 23.0 Å². The van der Waals surface area contributed by atoms with Gasteiger partial charge >= 0.3 is 5.97 Å². The molecule has 5 rings (SSSR count). The third-order valence-corrected chi connectivity index (χ3v) is 5.79. The van der Waals surface area contributed by atoms with E-state index in [4.69, 9.17) is 4.42 Å². The minimum atomic E-state index is -0.948. The molecule has 1 aliphatic rings. The molecule has 8 nitrogen and oxygen atoms in total. The summed E-state index contributed by atoms with van der Waals surface area (Å²) >= 11 is 0. The number of carbonyl (C=O) groups is 2. The number of aryl methyl sites for hydroxylation is 1. The molecule has 0 bridgehead atoms. The smallest absolute Gasteiger partial charge is 0.326 e. The highest BCUT2D eigenvalue weighted by molar-refractivity contribution is 6.06. The predicted octanol–water partition coefficient (Wildman–Crippen LogP) is 3.99. The largest absolute Gasteiger partial charge is 0.480 e. The molecule has 2 aromatic carbocycles. The average Bonchev–Trinajstić information content (AvgIpc) is 3.35. The molecule has 4 aromatic rings. The van der Waals surface area contributed by atoms with Gasteiger partial charge in [-0.25, -0.2) is 14.8 Å². The van der Waals surface area contributed by atoms with Gasteiger partial charge in [0.2, 0.25) is 5.91 Å². The zero-order valence-electron chi connectivity index (χ0n) is 17.5. The summed E-state index contributed by atoms with van der Waals surface area (Å²) in [5.41, 5.74) is 2.53. The molecule has 0 radical (unpaired) electrons. The number of aliphatic carboxylic acids is 1. The quantitative estimate of drug-likeness (QED) is 0.493. The van der Waals surface area contributed by atoms with Gasteiger partial charge in [0.05, 0.1) is 0 Å². The second-order valence-corrected chi connectivity index (χ2v) is 8.10. The van der Waals surface area contributed by atoms with E-state index in [0.29, 0.717) is 41.3 Å². The summed E-state index contributed by atoms with van der Waals surface area (Å²) < 4.78 is 6.04. The number of benzene rings is 2. The maximum absolute atomic E-state index is 12.6. The molecule has 2 aromatic heterocycles. The number of hydrogen-bond donors (Lipinski definition) is 2. The van der Waals surface area contributed by atoms with Gasteiger partial charge in [0, 0.05) is 24.0 Å². The molecule has 162 valence electrons. The molecule has 3 heterocycles. The SMILES string of the molecule is Cc1nc(N2CC(CC(=O)Nc3ccccc3)CC2C(=O)O)c2oc3ccccc3c2n1. The Hall–Kier alpha value is -3.94. The Kier molecular flexibility index (Phi) is 4.97. The summed E-state index contributed by atoms with van der Waals surface area (Å²) in [6, 6.07) is 16.0. The summed E-state index contributed by atoms with van der Waals surface area (Å²) in [4.78, 5) is 35.5. The molecule has 1 saturated heterocycles. The van der Waals surface area contributed by atoms with Crippen molar-refractivity contribution in [1.29, 1.82) is 0 Å². The first-order chi connectivity index (χ1) is 15.5. The monoisotopic (exact) mass is 430 g/mol. The van der Waals surface area contributed by atoms with Gasteiger partial charge in [0.15, 0.2) is 11.4 Å². The van der Waals surface area contributed by atoms with E-state index >= 15 is 0 Å². The number of aromatic nitrogens is 2. The molecule has 0 aliphatic carbocycles. The number of nitrogens with one attached hydrogen (secondary N) is 1. The second kappa shape index (κ2) is 7.96. The number of hydrogen-bond acceptors (Lipinski definition) is 6. The lowest BCUT2D eigenvalue weighted by Crippen LogP contribution is -2.36. The molecule has 1 amide bonds. The number of carboxylic acids is 1. The van der Waals surface area contributed by atoms with Gasteiger partial charge in [-0.05, 0) is 43.5 Å². The van der Waals surface area contributed by atoms with Crippen molar-refractivity contribution >= 4 is 45.5 Å². The van der Waals surface area contributed by atoms with Crippen LogP contribution in [-0.4, -0.2) is 39.5 Å². The molecule has 2 atom stereocenters. The summed E-state index contributed by atoms with van der Waals surface area (Å²) in [7, 11) is 0. The number of anilines is 2. The molecular weight excluding hydrogens is 408 g/mol. The maximum atomic E-state index is 12.6. The van der Waals surface area contributed by atoms with Crippen molar-refractivity contribution in [3.05, 3.63) is 60.4 Å². The van der Waals surface area contributed by atoms with E-state index in [0.717, 1.165) is 11.1 Å². The molecule has 2 unspecified atom stereocenters. The Bertz CT molecular complexity index is 1320. The predicted molar refractivity (Wildman–Crippen MR) is 121 cm³/mol. The van der Waals surface area contributed by atoms with Crippen molar-refractivity contribution in [2.45, 2.75) is 25.8 Å². The molecule has 32 heavy (non-hydrogen) atoms. The summed E-state index contributed by atoms with van der Waals surface area (Å²) in [5, 5.41) is 13.6. The number of para-hydroxylation sites is 2. The number of rotatable bonds is 5. The molecule has 0 saturated carbocycles. The van der Waals surface area contributed by atoms with Crippen molar-refractivity contribution in [2.24, 2.45) is 5.92 Å². The van der Waals surface area contributed by atoms with Crippen LogP contribution >= 0.6 is 0 Å². The standard InChI is InChI=1S/C24H22N4O4/c1-14-25-21-17-9-5-6-10-19(17)32-22(21)23(26-14)28-13-15(11-18(28)24(30)31)12-20(29)27-16-7-3-2-4-8-16/h2-10,15,18H,11-13H2,1H3,(H,27,29)(H,30,31). The zero-order valence-corrected chi connectivity index (χ0v) is 17.5. The average molecular weight is 430 g/mol. The Morgan fingerprint density at radius 2 is 1.88 bits per heavy atom. The first-order valence-corrected chi connectivity index (χ1v) is 10.5. The highest BCUT2D eigenvalue weighted by Gasteiger charge is 2.40. The van der Waals surface area contributed by atoms with Gasteiger partial charge in [0.25, 0.3) is 0 Å². The first kappa shape index (κ1) is 20.0. The van der Waals surface area contributed by atoms with Crippen LogP contribution in [0.1, 0.15) is 18.7 Å². The van der Waals surface area contributed by atoms with Crippen LogP contribution in [-0.2, 0) is 9.59 Å². The van der Waals surface area contributed by atoms with Crippen LogP contribution < -0.4 is 10.2 Å². The van der Waals surface area contributed by atoms with Crippen LogP contribution in [0.15, 0.2) is 59.0 Å². The van der Waals surface area contributed by atoms with Gasteiger partial charge in [-0.15, -0.1) is 0 Å². The summed E-state index contributed by atoms with van der Waals surface area (Å²) in [6.45, 7) is 2.17. The highest BCUT2D eigenvalue weighted by Crippen LogP contribution is 2.37. The zero-order chi connectivity index (χ0) is 22.2. The number of nitrogens with zero attached hydrogens (tertiary/aromatic N) is 3. The minimum absolute atomic E-state index is 0.130. The van der Waals surface area contributed by atoms with Crippen molar-refractivity contribution in [3.8, 4) is 0 Å². The van der Waals surface area contributed by atoms with E-state index in [9.17, 15) is 14.7 Å². The number of carbonyl (C=O) groups excluding carboxylic acids is 1. The molecule has 1 fully saturated rings. The lowest BCUT2D eigenvalue weighted by Gasteiger charge is -2.22. The van der Waals surface area contributed by atoms with Crippen LogP contribution in [0.5, 0.6) is 0 Å². The number of furan rings is 1. The first-order valence-electron chi connectivity index (χ1n) is 10.5. The van der Waals surface area contributed by atoms with Crippen molar-refractivity contribution in [3.63, 3.8) is 0 Å². The van der Waals surface area contributed by atoms with E-state index < -0.39 is 12.0 Å². The lowest BCUT2D eigenvalue weighted by atomic mass is 10.0. The maximum Gasteiger partial charge on any atom is 0.326 e. The van der Waals surface area contributed by atoms with E-state index in [-0.39, 0.29) is 18.2 Å². The molecule has 0 spiro atoms. The molecule has 2 N–H and O–H groups in total. The van der Waals surface area contributed by atoms with Crippen molar-refractivity contribution in [1.82, 2.24) is 9.97 Å². The number of fused-ring (bicyclic) bond motifs is 3. The Labute approximate surface area is 183 Å². The van der Waals surface area contributed by atoms with Crippen LogP contribution in [0.25, 0.3) is 22.1 Å². The second-order valence-electron chi connectivity index (χ2n) is 8.10. The fourth-order valence-corrected chi connectivity index (χ4v) is 4.41. The topological polar surface area (TPSA) is 109 Å². The van der Waals surface area contributed by atoms with E-state index in [1.165, 1.54) is 0 Å². The van der Waals surface area contributed by atoms with Gasteiger partial charge in [-0.2, -0.15) is 0 Å². The van der Waals surface area contributed by atoms with Gasteiger partial charge in [-0.1, -0.05) is 30.3 Å². The Morgan fingerprint density at radius 3 is 2.66 bits per heavy atom. The normalized spacial score (nSPS) is 18.3. The van der Waals surface area contributed by atoms with Gasteiger partial charge in [-0.3, -0.25) is 4.79 Å². The molecule has 1 aliphatic heterocycles. The van der Waals surface area contributed by atoms with Crippen LogP contribution in [0, 0.1) is 12.8 Å². The fraction of sp³-hybridized carbons (Fsp3) is 0.250. The number of amides is 1. The summed E-state index contributed by atoms with van der Waals surface area (Å²) in [6.07, 6.45) is 0.574. The highest BCUT2D eigenvalue weighted by atomic mass is 16.4.